The highest BCUT2D eigenvalue weighted by Crippen LogP contribution is 2.30. The summed E-state index contributed by atoms with van der Waals surface area (Å²) in [6.45, 7) is 2.01. The number of hydrogen-bond donors (Lipinski definition) is 0. The number of nitrogens with zero attached hydrogens (tertiary/aromatic N) is 1. The standard InChI is InChI=1S/C14H18FNO/c1-16-7-3-5-12(9-16)14(10-17)11-4-2-6-13(15)8-11/h2,4,6,8,10,12,14H,3,5,7,9H2,1H3. The van der Waals surface area contributed by atoms with Crippen LogP contribution in [0.15, 0.2) is 24.3 Å². The number of benzene rings is 1. The molecule has 0 spiro atoms. The molecular formula is C14H18FNO. The van der Waals surface area contributed by atoms with E-state index in [9.17, 15) is 9.18 Å². The van der Waals surface area contributed by atoms with E-state index < -0.39 is 0 Å². The molecule has 1 aliphatic heterocycles. The first-order valence-electron chi connectivity index (χ1n) is 6.10. The van der Waals surface area contributed by atoms with Crippen molar-refractivity contribution < 1.29 is 9.18 Å². The van der Waals surface area contributed by atoms with Gasteiger partial charge in [-0.15, -0.1) is 0 Å². The molecule has 17 heavy (non-hydrogen) atoms. The average molecular weight is 235 g/mol. The lowest BCUT2D eigenvalue weighted by Gasteiger charge is -2.33. The van der Waals surface area contributed by atoms with Gasteiger partial charge in [-0.3, -0.25) is 0 Å². The SMILES string of the molecule is CN1CCCC(C(C=O)c2cccc(F)c2)C1. The van der Waals surface area contributed by atoms with Gasteiger partial charge >= 0.3 is 0 Å². The number of likely N-dealkylation sites (tertiary alicyclic amines) is 1. The predicted molar refractivity (Wildman–Crippen MR) is 65.4 cm³/mol. The molecule has 0 radical (unpaired) electrons. The van der Waals surface area contributed by atoms with Crippen LogP contribution in [0.1, 0.15) is 24.3 Å². The van der Waals surface area contributed by atoms with Crippen molar-refractivity contribution in [1.82, 2.24) is 4.90 Å². The Labute approximate surface area is 101 Å². The molecule has 92 valence electrons. The second kappa shape index (κ2) is 5.41. The predicted octanol–water partition coefficient (Wildman–Crippen LogP) is 2.45. The Morgan fingerprint density at radius 2 is 2.35 bits per heavy atom. The van der Waals surface area contributed by atoms with Crippen molar-refractivity contribution >= 4 is 6.29 Å². The van der Waals surface area contributed by atoms with E-state index >= 15 is 0 Å². The number of halogens is 1. The number of carbonyl (C=O) groups excluding carboxylic acids is 1. The monoisotopic (exact) mass is 235 g/mol. The Morgan fingerprint density at radius 1 is 1.53 bits per heavy atom. The molecule has 1 saturated heterocycles. The van der Waals surface area contributed by atoms with Crippen LogP contribution < -0.4 is 0 Å². The lowest BCUT2D eigenvalue weighted by atomic mass is 9.82. The molecular weight excluding hydrogens is 217 g/mol. The summed E-state index contributed by atoms with van der Waals surface area (Å²) in [5.41, 5.74) is 0.806. The maximum Gasteiger partial charge on any atom is 0.127 e. The minimum Gasteiger partial charge on any atom is -0.306 e. The van der Waals surface area contributed by atoms with Gasteiger partial charge in [0, 0.05) is 12.5 Å². The fraction of sp³-hybridized carbons (Fsp3) is 0.500. The van der Waals surface area contributed by atoms with E-state index in [0.717, 1.165) is 37.8 Å². The average Bonchev–Trinajstić information content (AvgIpc) is 2.30. The molecule has 1 fully saturated rings. The minimum absolute atomic E-state index is 0.173. The van der Waals surface area contributed by atoms with Crippen molar-refractivity contribution in [2.24, 2.45) is 5.92 Å². The van der Waals surface area contributed by atoms with Gasteiger partial charge < -0.3 is 9.69 Å². The second-order valence-corrected chi connectivity index (χ2v) is 4.88. The fourth-order valence-electron chi connectivity index (χ4n) is 2.68. The van der Waals surface area contributed by atoms with Gasteiger partial charge in [-0.2, -0.15) is 0 Å². The molecule has 1 aromatic carbocycles. The van der Waals surface area contributed by atoms with Crippen LogP contribution in [0, 0.1) is 11.7 Å². The van der Waals surface area contributed by atoms with E-state index in [1.54, 1.807) is 6.07 Å². The number of aldehydes is 1. The molecule has 0 aromatic heterocycles. The summed E-state index contributed by atoms with van der Waals surface area (Å²) in [5, 5.41) is 0. The Hall–Kier alpha value is -1.22. The summed E-state index contributed by atoms with van der Waals surface area (Å²) in [6, 6.07) is 6.41. The highest BCUT2D eigenvalue weighted by molar-refractivity contribution is 5.62. The van der Waals surface area contributed by atoms with Gasteiger partial charge in [-0.25, -0.2) is 4.39 Å². The number of carbonyl (C=O) groups is 1. The fourth-order valence-corrected chi connectivity index (χ4v) is 2.68. The van der Waals surface area contributed by atoms with Crippen LogP contribution in [0.3, 0.4) is 0 Å². The maximum absolute atomic E-state index is 13.2. The van der Waals surface area contributed by atoms with Crippen LogP contribution in [0.2, 0.25) is 0 Å². The molecule has 0 bridgehead atoms. The van der Waals surface area contributed by atoms with Gasteiger partial charge in [0.2, 0.25) is 0 Å². The van der Waals surface area contributed by atoms with Gasteiger partial charge in [0.25, 0.3) is 0 Å². The molecule has 2 unspecified atom stereocenters. The van der Waals surface area contributed by atoms with Gasteiger partial charge in [0.05, 0.1) is 0 Å². The van der Waals surface area contributed by atoms with Crippen molar-refractivity contribution in [3.63, 3.8) is 0 Å². The molecule has 0 saturated carbocycles. The Balaban J connectivity index is 2.18. The largest absolute Gasteiger partial charge is 0.306 e. The summed E-state index contributed by atoms with van der Waals surface area (Å²) >= 11 is 0. The van der Waals surface area contributed by atoms with Crippen molar-refractivity contribution in [2.75, 3.05) is 20.1 Å². The van der Waals surface area contributed by atoms with Gasteiger partial charge in [-0.05, 0) is 50.0 Å². The molecule has 0 N–H and O–H groups in total. The summed E-state index contributed by atoms with van der Waals surface area (Å²) in [4.78, 5) is 13.5. The lowest BCUT2D eigenvalue weighted by Crippen LogP contribution is -2.35. The second-order valence-electron chi connectivity index (χ2n) is 4.88. The topological polar surface area (TPSA) is 20.3 Å². The number of piperidine rings is 1. The first-order chi connectivity index (χ1) is 8.20. The summed E-state index contributed by atoms with van der Waals surface area (Å²) in [7, 11) is 2.07. The Kier molecular flexibility index (Phi) is 3.89. The third kappa shape index (κ3) is 2.91. The first kappa shape index (κ1) is 12.2. The molecule has 1 aromatic rings. The van der Waals surface area contributed by atoms with Crippen LogP contribution in [-0.4, -0.2) is 31.3 Å². The zero-order valence-corrected chi connectivity index (χ0v) is 10.1. The highest BCUT2D eigenvalue weighted by Gasteiger charge is 2.26. The Bertz CT molecular complexity index is 394. The maximum atomic E-state index is 13.2. The summed E-state index contributed by atoms with van der Waals surface area (Å²) < 4.78 is 13.2. The molecule has 0 aliphatic carbocycles. The van der Waals surface area contributed by atoms with E-state index in [1.807, 2.05) is 6.07 Å². The van der Waals surface area contributed by atoms with E-state index in [2.05, 4.69) is 11.9 Å². The van der Waals surface area contributed by atoms with Crippen LogP contribution >= 0.6 is 0 Å². The van der Waals surface area contributed by atoms with Crippen molar-refractivity contribution in [1.29, 1.82) is 0 Å². The summed E-state index contributed by atoms with van der Waals surface area (Å²) in [6.07, 6.45) is 3.13. The van der Waals surface area contributed by atoms with Gasteiger partial charge in [0.15, 0.2) is 0 Å². The van der Waals surface area contributed by atoms with Crippen molar-refractivity contribution in [2.45, 2.75) is 18.8 Å². The van der Waals surface area contributed by atoms with E-state index in [4.69, 9.17) is 0 Å². The number of hydrogen-bond acceptors (Lipinski definition) is 2. The summed E-state index contributed by atoms with van der Waals surface area (Å²) in [5.74, 6) is -0.125. The Morgan fingerprint density at radius 3 is 3.00 bits per heavy atom. The molecule has 1 aliphatic rings. The third-order valence-electron chi connectivity index (χ3n) is 3.55. The zero-order chi connectivity index (χ0) is 12.3. The highest BCUT2D eigenvalue weighted by atomic mass is 19.1. The van der Waals surface area contributed by atoms with Crippen molar-refractivity contribution in [3.8, 4) is 0 Å². The minimum atomic E-state index is -0.265. The van der Waals surface area contributed by atoms with Crippen LogP contribution in [-0.2, 0) is 4.79 Å². The quantitative estimate of drug-likeness (QED) is 0.750. The lowest BCUT2D eigenvalue weighted by molar-refractivity contribution is -0.110. The van der Waals surface area contributed by atoms with Gasteiger partial charge in [-0.1, -0.05) is 12.1 Å². The van der Waals surface area contributed by atoms with Crippen LogP contribution in [0.25, 0.3) is 0 Å². The number of rotatable bonds is 3. The molecule has 2 atom stereocenters. The first-order valence-corrected chi connectivity index (χ1v) is 6.10. The molecule has 2 rings (SSSR count). The van der Waals surface area contributed by atoms with E-state index in [0.29, 0.717) is 5.92 Å². The van der Waals surface area contributed by atoms with Gasteiger partial charge in [0.1, 0.15) is 12.1 Å². The third-order valence-corrected chi connectivity index (χ3v) is 3.55. The van der Waals surface area contributed by atoms with E-state index in [-0.39, 0.29) is 11.7 Å². The normalized spacial score (nSPS) is 23.3. The molecule has 0 amide bonds. The zero-order valence-electron chi connectivity index (χ0n) is 10.1. The van der Waals surface area contributed by atoms with Crippen LogP contribution in [0.4, 0.5) is 4.39 Å². The van der Waals surface area contributed by atoms with Crippen LogP contribution in [0.5, 0.6) is 0 Å². The van der Waals surface area contributed by atoms with Crippen molar-refractivity contribution in [3.05, 3.63) is 35.6 Å². The molecule has 2 nitrogen and oxygen atoms in total. The smallest absolute Gasteiger partial charge is 0.127 e. The molecule has 1 heterocycles. The molecule has 3 heteroatoms. The van der Waals surface area contributed by atoms with E-state index in [1.165, 1.54) is 12.1 Å².